The Morgan fingerprint density at radius 2 is 1.74 bits per heavy atom. The van der Waals surface area contributed by atoms with Crippen molar-refractivity contribution in [2.24, 2.45) is 0 Å². The molecule has 4 aromatic rings. The molecule has 1 amide bonds. The van der Waals surface area contributed by atoms with Gasteiger partial charge in [0.05, 0.1) is 23.1 Å². The van der Waals surface area contributed by atoms with Crippen LogP contribution in [0.25, 0.3) is 11.3 Å². The highest BCUT2D eigenvalue weighted by Gasteiger charge is 2.28. The molecule has 0 aliphatic heterocycles. The molecule has 43 heavy (non-hydrogen) atoms. The molecular formula is C29H29BrN6O6S. The standard InChI is InChI=1S/C29H29BrN6O6S/c1-29(2,42-28(39)32-18-26(37)38)16-21-10-12-23(30)27(33-21)25(36-43(40,41)22-9-6-14-31-17-22)15-20-11-13-24(35-34-20)19-7-4-3-5-8-19/h3-14,17,25,36H,15-16,18H2,1-2H3,(H,32,39)(H,37,38). The number of carbonyl (C=O) groups is 2. The highest BCUT2D eigenvalue weighted by molar-refractivity contribution is 9.10. The van der Waals surface area contributed by atoms with Crippen molar-refractivity contribution in [1.29, 1.82) is 0 Å². The van der Waals surface area contributed by atoms with Crippen molar-refractivity contribution >= 4 is 38.0 Å². The van der Waals surface area contributed by atoms with E-state index in [-0.39, 0.29) is 17.7 Å². The average Bonchev–Trinajstić information content (AvgIpc) is 2.97. The van der Waals surface area contributed by atoms with E-state index < -0.39 is 40.3 Å². The molecule has 0 spiro atoms. The van der Waals surface area contributed by atoms with Crippen molar-refractivity contribution in [2.45, 2.75) is 43.2 Å². The maximum atomic E-state index is 13.4. The van der Waals surface area contributed by atoms with E-state index >= 15 is 0 Å². The summed E-state index contributed by atoms with van der Waals surface area (Å²) in [6.07, 6.45) is 2.12. The average molecular weight is 670 g/mol. The van der Waals surface area contributed by atoms with Crippen molar-refractivity contribution in [3.05, 3.63) is 101 Å². The lowest BCUT2D eigenvalue weighted by Gasteiger charge is -2.26. The lowest BCUT2D eigenvalue weighted by molar-refractivity contribution is -0.136. The van der Waals surface area contributed by atoms with Crippen molar-refractivity contribution in [1.82, 2.24) is 30.2 Å². The van der Waals surface area contributed by atoms with Crippen LogP contribution in [0.4, 0.5) is 4.79 Å². The van der Waals surface area contributed by atoms with Crippen molar-refractivity contribution in [3.63, 3.8) is 0 Å². The van der Waals surface area contributed by atoms with Crippen LogP contribution < -0.4 is 10.0 Å². The molecule has 0 aliphatic carbocycles. The zero-order chi connectivity index (χ0) is 31.0. The van der Waals surface area contributed by atoms with Gasteiger partial charge in [-0.25, -0.2) is 17.9 Å². The van der Waals surface area contributed by atoms with E-state index in [1.807, 2.05) is 36.4 Å². The first kappa shape index (κ1) is 31.7. The predicted octanol–water partition coefficient (Wildman–Crippen LogP) is 4.09. The fraction of sp³-hybridized carbons (Fsp3) is 0.241. The number of sulfonamides is 1. The van der Waals surface area contributed by atoms with Gasteiger partial charge in [0.15, 0.2) is 0 Å². The Bertz CT molecular complexity index is 1670. The van der Waals surface area contributed by atoms with Gasteiger partial charge in [-0.05, 0) is 66.2 Å². The number of nitrogens with one attached hydrogen (secondary N) is 2. The zero-order valence-corrected chi connectivity index (χ0v) is 25.7. The van der Waals surface area contributed by atoms with Gasteiger partial charge in [0, 0.05) is 41.0 Å². The van der Waals surface area contributed by atoms with Gasteiger partial charge in [-0.1, -0.05) is 30.3 Å². The van der Waals surface area contributed by atoms with Crippen LogP contribution in [0.15, 0.2) is 88.5 Å². The highest BCUT2D eigenvalue weighted by Crippen LogP contribution is 2.28. The number of alkyl carbamates (subject to hydrolysis) is 1. The third-order valence-electron chi connectivity index (χ3n) is 6.07. The molecule has 12 nitrogen and oxygen atoms in total. The maximum Gasteiger partial charge on any atom is 0.408 e. The number of amides is 1. The first-order chi connectivity index (χ1) is 20.4. The molecule has 0 saturated carbocycles. The van der Waals surface area contributed by atoms with Crippen LogP contribution in [0, 0.1) is 0 Å². The SMILES string of the molecule is CC(C)(Cc1ccc(Br)c(C(Cc2ccc(-c3ccccc3)nn2)NS(=O)(=O)c2cccnc2)n1)OC(=O)NCC(=O)O. The molecule has 0 aliphatic rings. The lowest BCUT2D eigenvalue weighted by Crippen LogP contribution is -2.38. The summed E-state index contributed by atoms with van der Waals surface area (Å²) in [6.45, 7) is 2.73. The number of halogens is 1. The normalized spacial score (nSPS) is 12.3. The van der Waals surface area contributed by atoms with E-state index in [9.17, 15) is 18.0 Å². The fourth-order valence-corrected chi connectivity index (χ4v) is 5.81. The number of nitrogens with zero attached hydrogens (tertiary/aromatic N) is 4. The second-order valence-corrected chi connectivity index (χ2v) is 12.7. The van der Waals surface area contributed by atoms with Gasteiger partial charge in [0.2, 0.25) is 10.0 Å². The van der Waals surface area contributed by atoms with Crippen LogP contribution in [0.3, 0.4) is 0 Å². The summed E-state index contributed by atoms with van der Waals surface area (Å²) in [4.78, 5) is 31.5. The smallest absolute Gasteiger partial charge is 0.408 e. The maximum absolute atomic E-state index is 13.4. The van der Waals surface area contributed by atoms with Crippen molar-refractivity contribution in [3.8, 4) is 11.3 Å². The van der Waals surface area contributed by atoms with Crippen molar-refractivity contribution in [2.75, 3.05) is 6.54 Å². The van der Waals surface area contributed by atoms with Gasteiger partial charge >= 0.3 is 12.1 Å². The third-order valence-corrected chi connectivity index (χ3v) is 8.19. The van der Waals surface area contributed by atoms with Crippen LogP contribution in [0.5, 0.6) is 0 Å². The molecule has 0 fully saturated rings. The molecule has 224 valence electrons. The quantitative estimate of drug-likeness (QED) is 0.199. The summed E-state index contributed by atoms with van der Waals surface area (Å²) in [5.74, 6) is -1.20. The van der Waals surface area contributed by atoms with Crippen LogP contribution in [-0.4, -0.2) is 57.9 Å². The summed E-state index contributed by atoms with van der Waals surface area (Å²) in [5, 5.41) is 19.6. The topological polar surface area (TPSA) is 173 Å². The van der Waals surface area contributed by atoms with E-state index in [2.05, 4.69) is 41.2 Å². The number of carboxylic acid groups (broad SMARTS) is 1. The summed E-state index contributed by atoms with van der Waals surface area (Å²) in [6, 6.07) is 18.7. The summed E-state index contributed by atoms with van der Waals surface area (Å²) >= 11 is 3.51. The molecule has 0 radical (unpaired) electrons. The van der Waals surface area contributed by atoms with E-state index in [1.165, 1.54) is 24.5 Å². The highest BCUT2D eigenvalue weighted by atomic mass is 79.9. The van der Waals surface area contributed by atoms with E-state index in [0.29, 0.717) is 27.2 Å². The minimum Gasteiger partial charge on any atom is -0.480 e. The first-order valence-electron chi connectivity index (χ1n) is 13.1. The number of pyridine rings is 2. The number of hydrogen-bond acceptors (Lipinski definition) is 9. The van der Waals surface area contributed by atoms with Gasteiger partial charge in [-0.2, -0.15) is 10.2 Å². The molecule has 3 N–H and O–H groups in total. The molecule has 1 aromatic carbocycles. The number of carbonyl (C=O) groups excluding carboxylic acids is 1. The van der Waals surface area contributed by atoms with Crippen LogP contribution in [-0.2, 0) is 32.4 Å². The molecule has 0 saturated heterocycles. The zero-order valence-electron chi connectivity index (χ0n) is 23.3. The molecule has 1 atom stereocenters. The van der Waals surface area contributed by atoms with Gasteiger partial charge < -0.3 is 15.2 Å². The van der Waals surface area contributed by atoms with Gasteiger partial charge in [0.25, 0.3) is 0 Å². The predicted molar refractivity (Wildman–Crippen MR) is 160 cm³/mol. The molecule has 3 aromatic heterocycles. The Morgan fingerprint density at radius 3 is 2.40 bits per heavy atom. The van der Waals surface area contributed by atoms with E-state index in [4.69, 9.17) is 14.8 Å². The lowest BCUT2D eigenvalue weighted by atomic mass is 10.0. The Balaban J connectivity index is 1.63. The minimum absolute atomic E-state index is 0.0142. The first-order valence-corrected chi connectivity index (χ1v) is 15.3. The van der Waals surface area contributed by atoms with Gasteiger partial charge in [-0.15, -0.1) is 0 Å². The van der Waals surface area contributed by atoms with Crippen LogP contribution in [0.1, 0.15) is 37.0 Å². The van der Waals surface area contributed by atoms with E-state index in [0.717, 1.165) is 5.56 Å². The van der Waals surface area contributed by atoms with Crippen LogP contribution in [0.2, 0.25) is 0 Å². The number of benzene rings is 1. The van der Waals surface area contributed by atoms with Gasteiger partial charge in [0.1, 0.15) is 17.0 Å². The molecule has 1 unspecified atom stereocenters. The Kier molecular flexibility index (Phi) is 10.2. The molecule has 14 heteroatoms. The van der Waals surface area contributed by atoms with Crippen molar-refractivity contribution < 1.29 is 27.9 Å². The molecule has 0 bridgehead atoms. The second kappa shape index (κ2) is 13.8. The third kappa shape index (κ3) is 9.11. The van der Waals surface area contributed by atoms with Gasteiger partial charge in [-0.3, -0.25) is 14.8 Å². The molecule has 4 rings (SSSR count). The van der Waals surface area contributed by atoms with Crippen LogP contribution >= 0.6 is 15.9 Å². The number of ether oxygens (including phenoxy) is 1. The minimum atomic E-state index is -4.02. The summed E-state index contributed by atoms with van der Waals surface area (Å²) in [5.41, 5.74) is 1.91. The number of aliphatic carboxylic acids is 1. The Hall–Kier alpha value is -4.27. The second-order valence-electron chi connectivity index (χ2n) is 10.1. The largest absolute Gasteiger partial charge is 0.480 e. The molecular weight excluding hydrogens is 640 g/mol. The van der Waals surface area contributed by atoms with E-state index in [1.54, 1.807) is 32.0 Å². The number of hydrogen-bond donors (Lipinski definition) is 3. The fourth-order valence-electron chi connectivity index (χ4n) is 4.15. The number of carboxylic acids is 1. The Morgan fingerprint density at radius 1 is 1.00 bits per heavy atom. The number of aromatic nitrogens is 4. The molecule has 3 heterocycles. The Labute approximate surface area is 257 Å². The summed E-state index contributed by atoms with van der Waals surface area (Å²) < 4.78 is 35.4. The summed E-state index contributed by atoms with van der Waals surface area (Å²) in [7, 11) is -4.02. The monoisotopic (exact) mass is 668 g/mol. The number of rotatable bonds is 12.